The Morgan fingerprint density at radius 1 is 0.944 bits per heavy atom. The Kier molecular flexibility index (Phi) is 11.3. The lowest BCUT2D eigenvalue weighted by Gasteiger charge is -2.39. The molecule has 11 nitrogen and oxygen atoms in total. The summed E-state index contributed by atoms with van der Waals surface area (Å²) in [4.78, 5) is 39.3. The third kappa shape index (κ3) is 8.68. The second-order valence-electron chi connectivity index (χ2n) is 15.2. The lowest BCUT2D eigenvalue weighted by Crippen LogP contribution is -2.43. The predicted octanol–water partition coefficient (Wildman–Crippen LogP) is 8.43. The molecule has 0 bridgehead atoms. The number of benzene rings is 4. The first-order valence-electron chi connectivity index (χ1n) is 18.2. The Bertz CT molecular complexity index is 2390. The van der Waals surface area contributed by atoms with Crippen LogP contribution in [-0.2, 0) is 23.8 Å². The first kappa shape index (κ1) is 38.3. The Labute approximate surface area is 314 Å². The minimum absolute atomic E-state index is 0.0132. The van der Waals surface area contributed by atoms with Crippen molar-refractivity contribution in [3.8, 4) is 16.9 Å². The van der Waals surface area contributed by atoms with Crippen molar-refractivity contribution in [2.24, 2.45) is 0 Å². The van der Waals surface area contributed by atoms with Gasteiger partial charge in [0.2, 0.25) is 5.56 Å². The fourth-order valence-electron chi connectivity index (χ4n) is 6.51. The lowest BCUT2D eigenvalue weighted by molar-refractivity contribution is 0.182. The molecule has 1 amide bonds. The van der Waals surface area contributed by atoms with Crippen LogP contribution in [0, 0.1) is 0 Å². The Balaban J connectivity index is 1.11. The molecule has 54 heavy (non-hydrogen) atoms. The normalized spacial score (nSPS) is 12.7. The summed E-state index contributed by atoms with van der Waals surface area (Å²) in [6, 6.07) is 27.9. The summed E-state index contributed by atoms with van der Waals surface area (Å²) in [5.74, 6) is -0.402. The molecule has 6 rings (SSSR count). The lowest BCUT2D eigenvalue weighted by atomic mass is 9.99. The van der Waals surface area contributed by atoms with Crippen molar-refractivity contribution in [1.29, 1.82) is 0 Å². The number of fused-ring (bicyclic) bond motifs is 2. The second-order valence-corrected chi connectivity index (χ2v) is 20.0. The molecule has 0 aliphatic heterocycles. The number of amides is 1. The largest absolute Gasteiger partial charge is 0.506 e. The zero-order valence-electron chi connectivity index (χ0n) is 31.4. The molecular weight excluding hydrogens is 701 g/mol. The molecular formula is C42H48N4O7Si. The van der Waals surface area contributed by atoms with Crippen molar-refractivity contribution in [3.05, 3.63) is 129 Å². The summed E-state index contributed by atoms with van der Waals surface area (Å²) in [5, 5.41) is 26.7. The molecule has 5 N–H and O–H groups in total. The van der Waals surface area contributed by atoms with E-state index in [-0.39, 0.29) is 22.5 Å². The highest BCUT2D eigenvalue weighted by atomic mass is 28.4. The van der Waals surface area contributed by atoms with Crippen molar-refractivity contribution >= 4 is 42.1 Å². The third-order valence-electron chi connectivity index (χ3n) is 10.4. The van der Waals surface area contributed by atoms with Crippen LogP contribution in [0.25, 0.3) is 33.1 Å². The molecule has 0 radical (unpaired) electrons. The first-order chi connectivity index (χ1) is 25.7. The molecule has 6 aromatic rings. The van der Waals surface area contributed by atoms with Crippen LogP contribution in [0.5, 0.6) is 5.75 Å². The van der Waals surface area contributed by atoms with Gasteiger partial charge in [-0.3, -0.25) is 14.7 Å². The number of H-pyrrole nitrogens is 1. The van der Waals surface area contributed by atoms with Gasteiger partial charge in [-0.2, -0.15) is 0 Å². The smallest absolute Gasteiger partial charge is 0.419 e. The molecule has 0 spiro atoms. The van der Waals surface area contributed by atoms with Gasteiger partial charge in [0.05, 0.1) is 22.8 Å². The Morgan fingerprint density at radius 3 is 2.43 bits per heavy atom. The van der Waals surface area contributed by atoms with E-state index in [1.54, 1.807) is 16.7 Å². The number of phenolic OH excluding ortho intramolecular Hbond substituents is 1. The quantitative estimate of drug-likeness (QED) is 0.0549. The monoisotopic (exact) mass is 748 g/mol. The molecule has 4 aromatic carbocycles. The van der Waals surface area contributed by atoms with Crippen molar-refractivity contribution in [2.45, 2.75) is 70.8 Å². The molecule has 0 saturated heterocycles. The van der Waals surface area contributed by atoms with E-state index in [0.717, 1.165) is 38.7 Å². The van der Waals surface area contributed by atoms with Crippen LogP contribution in [0.4, 0.5) is 10.5 Å². The average Bonchev–Trinajstić information content (AvgIpc) is 3.43. The topological polar surface area (TPSA) is 159 Å². The molecule has 0 aliphatic carbocycles. The molecule has 0 aliphatic rings. The molecule has 0 fully saturated rings. The highest BCUT2D eigenvalue weighted by molar-refractivity contribution is 6.74. The van der Waals surface area contributed by atoms with Gasteiger partial charge in [-0.1, -0.05) is 75.4 Å². The Hall–Kier alpha value is -5.43. The number of phenols is 1. The number of aromatic nitrogens is 2. The fourth-order valence-corrected chi connectivity index (χ4v) is 7.78. The highest BCUT2D eigenvalue weighted by Gasteiger charge is 2.39. The van der Waals surface area contributed by atoms with Crippen molar-refractivity contribution in [1.82, 2.24) is 14.9 Å². The number of aromatic amines is 1. The molecule has 1 unspecified atom stereocenters. The van der Waals surface area contributed by atoms with Crippen LogP contribution in [0.15, 0.2) is 105 Å². The van der Waals surface area contributed by atoms with Crippen LogP contribution in [0.3, 0.4) is 0 Å². The summed E-state index contributed by atoms with van der Waals surface area (Å²) in [7, 11) is -2.22. The Morgan fingerprint density at radius 2 is 1.69 bits per heavy atom. The fraction of sp³-hybridized carbons (Fsp3) is 0.310. The van der Waals surface area contributed by atoms with Gasteiger partial charge in [-0.25, -0.2) is 9.59 Å². The summed E-state index contributed by atoms with van der Waals surface area (Å²) >= 11 is 0. The van der Waals surface area contributed by atoms with Crippen molar-refractivity contribution in [3.63, 3.8) is 0 Å². The van der Waals surface area contributed by atoms with Gasteiger partial charge in [-0.05, 0) is 96.5 Å². The molecule has 282 valence electrons. The number of carboxylic acid groups (broad SMARTS) is 1. The van der Waals surface area contributed by atoms with E-state index in [2.05, 4.69) is 49.5 Å². The van der Waals surface area contributed by atoms with Gasteiger partial charge in [0.1, 0.15) is 5.75 Å². The minimum atomic E-state index is -2.22. The zero-order valence-corrected chi connectivity index (χ0v) is 32.4. The number of carbonyl (C=O) groups is 1. The molecule has 12 heteroatoms. The van der Waals surface area contributed by atoms with Crippen molar-refractivity contribution in [2.75, 3.05) is 18.4 Å². The van der Waals surface area contributed by atoms with E-state index >= 15 is 0 Å². The first-order valence-corrected chi connectivity index (χ1v) is 21.1. The number of nitrogens with zero attached hydrogens (tertiary/aromatic N) is 1. The number of anilines is 1. The van der Waals surface area contributed by atoms with E-state index in [0.29, 0.717) is 55.7 Å². The van der Waals surface area contributed by atoms with Crippen LogP contribution < -0.4 is 21.9 Å². The summed E-state index contributed by atoms with van der Waals surface area (Å²) < 4.78 is 14.2. The number of rotatable bonds is 14. The van der Waals surface area contributed by atoms with E-state index in [1.165, 1.54) is 6.07 Å². The third-order valence-corrected chi connectivity index (χ3v) is 14.9. The van der Waals surface area contributed by atoms with Crippen molar-refractivity contribution < 1.29 is 23.9 Å². The van der Waals surface area contributed by atoms with Crippen LogP contribution in [0.2, 0.25) is 18.1 Å². The maximum atomic E-state index is 12.9. The maximum absolute atomic E-state index is 12.9. The van der Waals surface area contributed by atoms with E-state index in [4.69, 9.17) is 8.84 Å². The number of pyridine rings is 1. The number of aryl methyl sites for hydroxylation is 2. The molecule has 2 aromatic heterocycles. The minimum Gasteiger partial charge on any atom is -0.506 e. The van der Waals surface area contributed by atoms with E-state index in [9.17, 15) is 24.6 Å². The number of aromatic hydroxyl groups is 1. The summed E-state index contributed by atoms with van der Waals surface area (Å²) in [6.45, 7) is 12.6. The van der Waals surface area contributed by atoms with E-state index < -0.39 is 20.2 Å². The van der Waals surface area contributed by atoms with Crippen LogP contribution in [0.1, 0.15) is 50.0 Å². The van der Waals surface area contributed by atoms with Gasteiger partial charge >= 0.3 is 11.8 Å². The van der Waals surface area contributed by atoms with Gasteiger partial charge in [0, 0.05) is 30.1 Å². The standard InChI is InChI=1S/C42H48N4O7Si/c1-42(2,3)54(4,5)53-37(31-16-19-35(47)39-32(31)17-20-38(48)45-39)26-43-22-21-28-14-18-34-36(25-28)52-41(51)46(34)23-9-10-27-13-15-30(29-11-7-6-8-12-29)33(24-27)44-40(49)50/h6-8,11-20,24-25,37,43-44,47H,9-10,21-23,26H2,1-5H3,(H,45,48)(H,49,50). The van der Waals surface area contributed by atoms with Gasteiger partial charge in [-0.15, -0.1) is 0 Å². The van der Waals surface area contributed by atoms with Crippen LogP contribution >= 0.6 is 0 Å². The number of oxazole rings is 1. The average molecular weight is 749 g/mol. The number of nitrogens with one attached hydrogen (secondary N) is 3. The molecule has 1 atom stereocenters. The van der Waals surface area contributed by atoms with Gasteiger partial charge in [0.25, 0.3) is 0 Å². The highest BCUT2D eigenvalue weighted by Crippen LogP contribution is 2.41. The summed E-state index contributed by atoms with van der Waals surface area (Å²) in [6.07, 6.45) is 0.536. The maximum Gasteiger partial charge on any atom is 0.419 e. The summed E-state index contributed by atoms with van der Waals surface area (Å²) in [5.41, 5.74) is 6.47. The van der Waals surface area contributed by atoms with Crippen LogP contribution in [-0.4, -0.2) is 47.3 Å². The SMILES string of the molecule is CC(C)(C)[Si](C)(C)OC(CNCCc1ccc2c(c1)oc(=O)n2CCCc1ccc(-c2ccccc2)c(NC(=O)O)c1)c1ccc(O)c2[nH]c(=O)ccc12. The van der Waals surface area contributed by atoms with E-state index in [1.807, 2.05) is 72.8 Å². The number of hydrogen-bond donors (Lipinski definition) is 5. The number of hydrogen-bond acceptors (Lipinski definition) is 7. The molecule has 2 heterocycles. The second kappa shape index (κ2) is 15.9. The zero-order chi connectivity index (χ0) is 38.6. The van der Waals surface area contributed by atoms with Gasteiger partial charge < -0.3 is 29.4 Å². The van der Waals surface area contributed by atoms with Gasteiger partial charge in [0.15, 0.2) is 13.9 Å². The predicted molar refractivity (Wildman–Crippen MR) is 216 cm³/mol. The molecule has 0 saturated carbocycles.